The van der Waals surface area contributed by atoms with E-state index < -0.39 is 5.91 Å². The minimum atomic E-state index is -0.460. The van der Waals surface area contributed by atoms with Crippen molar-refractivity contribution in [2.75, 3.05) is 5.32 Å². The van der Waals surface area contributed by atoms with Crippen molar-refractivity contribution in [2.45, 2.75) is 6.54 Å². The molecular weight excluding hydrogens is 318 g/mol. The fourth-order valence-electron chi connectivity index (χ4n) is 1.87. The van der Waals surface area contributed by atoms with E-state index in [1.807, 2.05) is 24.3 Å². The van der Waals surface area contributed by atoms with Gasteiger partial charge < -0.3 is 11.1 Å². The molecule has 2 aromatic carbocycles. The lowest BCUT2D eigenvalue weighted by Gasteiger charge is -2.11. The smallest absolute Gasteiger partial charge is 0.249 e. The maximum Gasteiger partial charge on any atom is 0.249 e. The zero-order valence-corrected chi connectivity index (χ0v) is 12.1. The second-order valence-corrected chi connectivity index (χ2v) is 5.09. The van der Waals surface area contributed by atoms with Crippen LogP contribution in [0.1, 0.15) is 21.5 Å². The summed E-state index contributed by atoms with van der Waals surface area (Å²) in [5, 5.41) is 12.2. The summed E-state index contributed by atoms with van der Waals surface area (Å²) in [6.07, 6.45) is 0. The van der Waals surface area contributed by atoms with Gasteiger partial charge in [-0.25, -0.2) is 0 Å². The molecule has 0 aliphatic heterocycles. The minimum absolute atomic E-state index is 0.426. The van der Waals surface area contributed by atoms with Crippen LogP contribution >= 0.6 is 15.9 Å². The maximum atomic E-state index is 11.3. The highest BCUT2D eigenvalue weighted by molar-refractivity contribution is 9.10. The second-order valence-electron chi connectivity index (χ2n) is 4.18. The molecule has 3 N–H and O–H groups in total. The molecule has 0 aromatic heterocycles. The van der Waals surface area contributed by atoms with Crippen molar-refractivity contribution in [1.29, 1.82) is 5.26 Å². The van der Waals surface area contributed by atoms with Gasteiger partial charge in [0.1, 0.15) is 6.07 Å². The number of primary amides is 1. The van der Waals surface area contributed by atoms with Crippen LogP contribution in [-0.4, -0.2) is 5.91 Å². The van der Waals surface area contributed by atoms with Crippen molar-refractivity contribution < 1.29 is 4.79 Å². The third-order valence-electron chi connectivity index (χ3n) is 2.85. The zero-order valence-electron chi connectivity index (χ0n) is 10.6. The Bertz CT molecular complexity index is 692. The predicted octanol–water partition coefficient (Wildman–Crippen LogP) is 3.03. The zero-order chi connectivity index (χ0) is 14.5. The van der Waals surface area contributed by atoms with E-state index in [0.29, 0.717) is 17.7 Å². The summed E-state index contributed by atoms with van der Waals surface area (Å²) in [6.45, 7) is 0.426. The Balaban J connectivity index is 2.22. The third kappa shape index (κ3) is 3.16. The van der Waals surface area contributed by atoms with E-state index in [2.05, 4.69) is 27.3 Å². The number of anilines is 1. The molecular formula is C15H12BrN3O. The SMILES string of the molecule is N#Cc1cc(Br)ccc1NCc1ccccc1C(N)=O. The topological polar surface area (TPSA) is 78.9 Å². The number of benzene rings is 2. The van der Waals surface area contributed by atoms with Crippen molar-refractivity contribution in [2.24, 2.45) is 5.73 Å². The number of hydrogen-bond acceptors (Lipinski definition) is 3. The molecule has 2 rings (SSSR count). The van der Waals surface area contributed by atoms with E-state index in [-0.39, 0.29) is 0 Å². The van der Waals surface area contributed by atoms with E-state index in [4.69, 9.17) is 11.0 Å². The van der Waals surface area contributed by atoms with E-state index in [1.165, 1.54) is 0 Å². The molecule has 0 heterocycles. The van der Waals surface area contributed by atoms with Gasteiger partial charge in [0.2, 0.25) is 5.91 Å². The van der Waals surface area contributed by atoms with Gasteiger partial charge in [-0.05, 0) is 29.8 Å². The second kappa shape index (κ2) is 6.22. The van der Waals surface area contributed by atoms with E-state index >= 15 is 0 Å². The fourth-order valence-corrected chi connectivity index (χ4v) is 2.23. The van der Waals surface area contributed by atoms with Crippen LogP contribution in [0.25, 0.3) is 0 Å². The monoisotopic (exact) mass is 329 g/mol. The number of rotatable bonds is 4. The number of hydrogen-bond donors (Lipinski definition) is 2. The van der Waals surface area contributed by atoms with Crippen LogP contribution in [0, 0.1) is 11.3 Å². The molecule has 100 valence electrons. The largest absolute Gasteiger partial charge is 0.380 e. The summed E-state index contributed by atoms with van der Waals surface area (Å²) < 4.78 is 0.845. The molecule has 0 bridgehead atoms. The number of carbonyl (C=O) groups excluding carboxylic acids is 1. The lowest BCUT2D eigenvalue weighted by atomic mass is 10.1. The maximum absolute atomic E-state index is 11.3. The molecule has 5 heteroatoms. The molecule has 0 atom stereocenters. The Morgan fingerprint density at radius 3 is 2.75 bits per heavy atom. The Morgan fingerprint density at radius 1 is 1.30 bits per heavy atom. The summed E-state index contributed by atoms with van der Waals surface area (Å²) in [5.41, 5.74) is 7.87. The lowest BCUT2D eigenvalue weighted by molar-refractivity contribution is 0.0999. The van der Waals surface area contributed by atoms with Gasteiger partial charge >= 0.3 is 0 Å². The van der Waals surface area contributed by atoms with E-state index in [1.54, 1.807) is 18.2 Å². The number of halogens is 1. The molecule has 0 saturated heterocycles. The van der Waals surface area contributed by atoms with Crippen molar-refractivity contribution in [1.82, 2.24) is 0 Å². The molecule has 0 saturated carbocycles. The van der Waals surface area contributed by atoms with Gasteiger partial charge in [0.25, 0.3) is 0 Å². The molecule has 0 spiro atoms. The Morgan fingerprint density at radius 2 is 2.05 bits per heavy atom. The highest BCUT2D eigenvalue weighted by Crippen LogP contribution is 2.21. The molecule has 0 fully saturated rings. The first-order valence-corrected chi connectivity index (χ1v) is 6.72. The summed E-state index contributed by atoms with van der Waals surface area (Å²) >= 11 is 3.32. The van der Waals surface area contributed by atoms with Crippen LogP contribution in [0.15, 0.2) is 46.9 Å². The lowest BCUT2D eigenvalue weighted by Crippen LogP contribution is -2.15. The molecule has 0 unspecified atom stereocenters. The van der Waals surface area contributed by atoms with Crippen molar-refractivity contribution in [3.05, 3.63) is 63.6 Å². The van der Waals surface area contributed by atoms with Crippen LogP contribution in [0.4, 0.5) is 5.69 Å². The third-order valence-corrected chi connectivity index (χ3v) is 3.35. The first-order chi connectivity index (χ1) is 9.61. The predicted molar refractivity (Wildman–Crippen MR) is 81.1 cm³/mol. The number of amides is 1. The summed E-state index contributed by atoms with van der Waals surface area (Å²) in [6, 6.07) is 14.7. The number of nitrogens with two attached hydrogens (primary N) is 1. The average Bonchev–Trinajstić information content (AvgIpc) is 2.46. The summed E-state index contributed by atoms with van der Waals surface area (Å²) in [5.74, 6) is -0.460. The first kappa shape index (κ1) is 14.1. The molecule has 4 nitrogen and oxygen atoms in total. The molecule has 1 amide bonds. The summed E-state index contributed by atoms with van der Waals surface area (Å²) in [7, 11) is 0. The van der Waals surface area contributed by atoms with Crippen LogP contribution < -0.4 is 11.1 Å². The van der Waals surface area contributed by atoms with Gasteiger partial charge in [-0.2, -0.15) is 5.26 Å². The van der Waals surface area contributed by atoms with Crippen molar-refractivity contribution in [3.63, 3.8) is 0 Å². The van der Waals surface area contributed by atoms with Crippen LogP contribution in [-0.2, 0) is 6.54 Å². The van der Waals surface area contributed by atoms with E-state index in [9.17, 15) is 4.79 Å². The van der Waals surface area contributed by atoms with Crippen LogP contribution in [0.3, 0.4) is 0 Å². The van der Waals surface area contributed by atoms with E-state index in [0.717, 1.165) is 15.7 Å². The highest BCUT2D eigenvalue weighted by atomic mass is 79.9. The van der Waals surface area contributed by atoms with Crippen molar-refractivity contribution in [3.8, 4) is 6.07 Å². The average molecular weight is 330 g/mol. The Hall–Kier alpha value is -2.32. The minimum Gasteiger partial charge on any atom is -0.380 e. The molecule has 0 radical (unpaired) electrons. The number of nitriles is 1. The van der Waals surface area contributed by atoms with Gasteiger partial charge in [0.15, 0.2) is 0 Å². The molecule has 20 heavy (non-hydrogen) atoms. The number of nitrogens with zero attached hydrogens (tertiary/aromatic N) is 1. The summed E-state index contributed by atoms with van der Waals surface area (Å²) in [4.78, 5) is 11.3. The first-order valence-electron chi connectivity index (χ1n) is 5.93. The van der Waals surface area contributed by atoms with Gasteiger partial charge in [0.05, 0.1) is 11.3 Å². The standard InChI is InChI=1S/C15H12BrN3O/c16-12-5-6-14(11(7-12)8-17)19-9-10-3-1-2-4-13(10)15(18)20/h1-7,19H,9H2,(H2,18,20). The Labute approximate surface area is 125 Å². The van der Waals surface area contributed by atoms with Crippen LogP contribution in [0.2, 0.25) is 0 Å². The number of carbonyl (C=O) groups is 1. The molecule has 0 aliphatic carbocycles. The quantitative estimate of drug-likeness (QED) is 0.904. The van der Waals surface area contributed by atoms with Gasteiger partial charge in [-0.15, -0.1) is 0 Å². The highest BCUT2D eigenvalue weighted by Gasteiger charge is 2.08. The fraction of sp³-hybridized carbons (Fsp3) is 0.0667. The molecule has 2 aromatic rings. The normalized spacial score (nSPS) is 9.80. The van der Waals surface area contributed by atoms with Gasteiger partial charge in [-0.1, -0.05) is 34.1 Å². The Kier molecular flexibility index (Phi) is 4.38. The van der Waals surface area contributed by atoms with Gasteiger partial charge in [-0.3, -0.25) is 4.79 Å². The van der Waals surface area contributed by atoms with Crippen molar-refractivity contribution >= 4 is 27.5 Å². The number of nitrogens with one attached hydrogen (secondary N) is 1. The molecule has 0 aliphatic rings. The van der Waals surface area contributed by atoms with Crippen LogP contribution in [0.5, 0.6) is 0 Å². The van der Waals surface area contributed by atoms with Gasteiger partial charge in [0, 0.05) is 16.6 Å².